The molecule has 0 radical (unpaired) electrons. The first-order chi connectivity index (χ1) is 13.6. The first kappa shape index (κ1) is 18.4. The highest BCUT2D eigenvalue weighted by atomic mass is 35.5. The Morgan fingerprint density at radius 3 is 2.96 bits per heavy atom. The van der Waals surface area contributed by atoms with E-state index in [0.717, 1.165) is 24.9 Å². The number of benzene rings is 1. The van der Waals surface area contributed by atoms with Crippen LogP contribution in [0.2, 0.25) is 5.15 Å². The standard InChI is InChI=1S/C20H19ClN6O/c21-18-8-16-17(10-24-18)25-20(26-7-3-6-15(23)12-26)27(19(16)28)11-14-5-2-1-4-13(14)9-22/h1-2,4-5,8,10,15H,3,6-7,11-12,23H2. The fraction of sp³-hybridized carbons (Fsp3) is 0.300. The zero-order chi connectivity index (χ0) is 19.7. The molecule has 0 amide bonds. The molecule has 0 spiro atoms. The molecule has 0 bridgehead atoms. The van der Waals surface area contributed by atoms with E-state index in [1.165, 1.54) is 12.3 Å². The van der Waals surface area contributed by atoms with Crippen LogP contribution in [-0.4, -0.2) is 33.7 Å². The van der Waals surface area contributed by atoms with Crippen LogP contribution in [0, 0.1) is 11.3 Å². The van der Waals surface area contributed by atoms with E-state index in [-0.39, 0.29) is 23.3 Å². The minimum atomic E-state index is -0.212. The van der Waals surface area contributed by atoms with E-state index in [9.17, 15) is 10.1 Å². The van der Waals surface area contributed by atoms with E-state index in [1.807, 2.05) is 17.0 Å². The van der Waals surface area contributed by atoms with Gasteiger partial charge in [0, 0.05) is 19.1 Å². The molecule has 8 heteroatoms. The van der Waals surface area contributed by atoms with Crippen LogP contribution in [0.25, 0.3) is 10.9 Å². The maximum absolute atomic E-state index is 13.3. The number of aromatic nitrogens is 3. The molecule has 3 aromatic rings. The van der Waals surface area contributed by atoms with Gasteiger partial charge >= 0.3 is 0 Å². The van der Waals surface area contributed by atoms with E-state index in [0.29, 0.717) is 29.0 Å². The van der Waals surface area contributed by atoms with Crippen molar-refractivity contribution in [2.24, 2.45) is 5.73 Å². The summed E-state index contributed by atoms with van der Waals surface area (Å²) < 4.78 is 1.60. The third-order valence-electron chi connectivity index (χ3n) is 4.99. The highest BCUT2D eigenvalue weighted by molar-refractivity contribution is 6.30. The number of hydrogen-bond donors (Lipinski definition) is 1. The van der Waals surface area contributed by atoms with Crippen molar-refractivity contribution in [2.45, 2.75) is 25.4 Å². The van der Waals surface area contributed by atoms with Gasteiger partial charge in [0.1, 0.15) is 5.15 Å². The predicted molar refractivity (Wildman–Crippen MR) is 108 cm³/mol. The zero-order valence-electron chi connectivity index (χ0n) is 15.2. The molecule has 3 heterocycles. The van der Waals surface area contributed by atoms with E-state index in [4.69, 9.17) is 22.3 Å². The molecule has 1 aliphatic heterocycles. The van der Waals surface area contributed by atoms with Gasteiger partial charge in [0.2, 0.25) is 5.95 Å². The van der Waals surface area contributed by atoms with E-state index in [2.05, 4.69) is 11.1 Å². The topological polar surface area (TPSA) is 101 Å². The van der Waals surface area contributed by atoms with Gasteiger partial charge in [0.25, 0.3) is 5.56 Å². The SMILES string of the molecule is N#Cc1ccccc1Cn1c(N2CCCC(N)C2)nc2cnc(Cl)cc2c1=O. The van der Waals surface area contributed by atoms with Crippen molar-refractivity contribution >= 4 is 28.5 Å². The van der Waals surface area contributed by atoms with E-state index in [1.54, 1.807) is 16.7 Å². The van der Waals surface area contributed by atoms with Crippen molar-refractivity contribution in [1.29, 1.82) is 5.26 Å². The second-order valence-electron chi connectivity index (χ2n) is 6.94. The Morgan fingerprint density at radius 2 is 2.18 bits per heavy atom. The van der Waals surface area contributed by atoms with Gasteiger partial charge in [-0.15, -0.1) is 0 Å². The summed E-state index contributed by atoms with van der Waals surface area (Å²) in [4.78, 5) is 24.1. The zero-order valence-corrected chi connectivity index (χ0v) is 15.9. The largest absolute Gasteiger partial charge is 0.341 e. The molecule has 142 valence electrons. The Hall–Kier alpha value is -2.95. The van der Waals surface area contributed by atoms with Crippen LogP contribution in [0.5, 0.6) is 0 Å². The number of fused-ring (bicyclic) bond motifs is 1. The Balaban J connectivity index is 1.91. The van der Waals surface area contributed by atoms with Crippen LogP contribution in [0.15, 0.2) is 41.3 Å². The molecule has 2 aromatic heterocycles. The van der Waals surface area contributed by atoms with Gasteiger partial charge in [0.15, 0.2) is 0 Å². The van der Waals surface area contributed by atoms with E-state index >= 15 is 0 Å². The third-order valence-corrected chi connectivity index (χ3v) is 5.20. The normalized spacial score (nSPS) is 16.9. The summed E-state index contributed by atoms with van der Waals surface area (Å²) in [7, 11) is 0. The van der Waals surface area contributed by atoms with Gasteiger partial charge < -0.3 is 10.6 Å². The number of piperidine rings is 1. The molecule has 4 rings (SSSR count). The lowest BCUT2D eigenvalue weighted by Crippen LogP contribution is -2.45. The van der Waals surface area contributed by atoms with Gasteiger partial charge in [-0.1, -0.05) is 29.8 Å². The molecule has 2 N–H and O–H groups in total. The summed E-state index contributed by atoms with van der Waals surface area (Å²) in [5, 5.41) is 10.1. The number of anilines is 1. The second kappa shape index (κ2) is 7.58. The number of pyridine rings is 1. The molecule has 1 saturated heterocycles. The van der Waals surface area contributed by atoms with Crippen molar-refractivity contribution in [3.63, 3.8) is 0 Å². The van der Waals surface area contributed by atoms with Crippen molar-refractivity contribution in [1.82, 2.24) is 14.5 Å². The van der Waals surface area contributed by atoms with Gasteiger partial charge in [-0.3, -0.25) is 9.36 Å². The van der Waals surface area contributed by atoms with Crippen molar-refractivity contribution in [2.75, 3.05) is 18.0 Å². The van der Waals surface area contributed by atoms with E-state index < -0.39 is 0 Å². The van der Waals surface area contributed by atoms with Crippen molar-refractivity contribution < 1.29 is 0 Å². The Morgan fingerprint density at radius 1 is 1.36 bits per heavy atom. The van der Waals surface area contributed by atoms with Crippen LogP contribution < -0.4 is 16.2 Å². The lowest BCUT2D eigenvalue weighted by atomic mass is 10.1. The molecular formula is C20H19ClN6O. The molecule has 0 saturated carbocycles. The number of rotatable bonds is 3. The highest BCUT2D eigenvalue weighted by Crippen LogP contribution is 2.22. The molecule has 1 aliphatic rings. The van der Waals surface area contributed by atoms with Crippen LogP contribution in [0.3, 0.4) is 0 Å². The smallest absolute Gasteiger partial charge is 0.263 e. The van der Waals surface area contributed by atoms with Gasteiger partial charge in [0.05, 0.1) is 35.3 Å². The first-order valence-electron chi connectivity index (χ1n) is 9.11. The molecule has 1 fully saturated rings. The molecular weight excluding hydrogens is 376 g/mol. The van der Waals surface area contributed by atoms with Crippen molar-refractivity contribution in [3.05, 3.63) is 63.2 Å². The predicted octanol–water partition coefficient (Wildman–Crippen LogP) is 2.29. The Labute approximate surface area is 167 Å². The maximum atomic E-state index is 13.3. The summed E-state index contributed by atoms with van der Waals surface area (Å²) in [5.74, 6) is 0.546. The lowest BCUT2D eigenvalue weighted by molar-refractivity contribution is 0.492. The average Bonchev–Trinajstić information content (AvgIpc) is 2.70. The number of halogens is 1. The fourth-order valence-electron chi connectivity index (χ4n) is 3.60. The highest BCUT2D eigenvalue weighted by Gasteiger charge is 2.23. The minimum Gasteiger partial charge on any atom is -0.341 e. The van der Waals surface area contributed by atoms with Crippen LogP contribution in [0.4, 0.5) is 5.95 Å². The molecule has 1 atom stereocenters. The summed E-state index contributed by atoms with van der Waals surface area (Å²) in [6, 6.07) is 11.0. The first-order valence-corrected chi connectivity index (χ1v) is 9.49. The number of nitriles is 1. The minimum absolute atomic E-state index is 0.0320. The molecule has 28 heavy (non-hydrogen) atoms. The number of nitrogens with zero attached hydrogens (tertiary/aromatic N) is 5. The average molecular weight is 395 g/mol. The molecule has 7 nitrogen and oxygen atoms in total. The van der Waals surface area contributed by atoms with Gasteiger partial charge in [-0.25, -0.2) is 9.97 Å². The summed E-state index contributed by atoms with van der Waals surface area (Å²) >= 11 is 6.00. The number of hydrogen-bond acceptors (Lipinski definition) is 6. The molecule has 1 unspecified atom stereocenters. The van der Waals surface area contributed by atoms with Gasteiger partial charge in [-0.05, 0) is 30.5 Å². The third kappa shape index (κ3) is 3.44. The number of nitrogens with two attached hydrogens (primary N) is 1. The van der Waals surface area contributed by atoms with Crippen LogP contribution >= 0.6 is 11.6 Å². The quantitative estimate of drug-likeness (QED) is 0.684. The Kier molecular flexibility index (Phi) is 4.99. The Bertz CT molecular complexity index is 1140. The van der Waals surface area contributed by atoms with Crippen molar-refractivity contribution in [3.8, 4) is 6.07 Å². The van der Waals surface area contributed by atoms with Gasteiger partial charge in [-0.2, -0.15) is 5.26 Å². The maximum Gasteiger partial charge on any atom is 0.263 e. The summed E-state index contributed by atoms with van der Waals surface area (Å²) in [6.45, 7) is 1.64. The lowest BCUT2D eigenvalue weighted by Gasteiger charge is -2.33. The second-order valence-corrected chi connectivity index (χ2v) is 7.33. The summed E-state index contributed by atoms with van der Waals surface area (Å²) in [5.41, 5.74) is 7.72. The summed E-state index contributed by atoms with van der Waals surface area (Å²) in [6.07, 6.45) is 3.39. The van der Waals surface area contributed by atoms with Crippen LogP contribution in [-0.2, 0) is 6.54 Å². The fourth-order valence-corrected chi connectivity index (χ4v) is 3.76. The van der Waals surface area contributed by atoms with Crippen LogP contribution in [0.1, 0.15) is 24.0 Å². The molecule has 0 aliphatic carbocycles. The molecule has 1 aromatic carbocycles. The monoisotopic (exact) mass is 394 g/mol.